The van der Waals surface area contributed by atoms with Crippen molar-refractivity contribution < 1.29 is 28.5 Å². The highest BCUT2D eigenvalue weighted by atomic mass is 31.2. The lowest BCUT2D eigenvalue weighted by molar-refractivity contribution is -0.120. The van der Waals surface area contributed by atoms with Crippen molar-refractivity contribution in [2.75, 3.05) is 16.9 Å². The third-order valence-electron chi connectivity index (χ3n) is 4.57. The van der Waals surface area contributed by atoms with Crippen LogP contribution in [0, 0.1) is 0 Å². The van der Waals surface area contributed by atoms with Gasteiger partial charge in [-0.05, 0) is 23.8 Å². The van der Waals surface area contributed by atoms with Gasteiger partial charge in [-0.25, -0.2) is 4.57 Å². The van der Waals surface area contributed by atoms with E-state index < -0.39 is 32.4 Å². The molecule has 2 aliphatic heterocycles. The topological polar surface area (TPSA) is 116 Å². The third-order valence-corrected chi connectivity index (χ3v) is 5.02. The van der Waals surface area contributed by atoms with Crippen LogP contribution in [-0.4, -0.2) is 34.2 Å². The summed E-state index contributed by atoms with van der Waals surface area (Å²) in [5, 5.41) is 3.10. The van der Waals surface area contributed by atoms with Gasteiger partial charge in [0, 0.05) is 11.3 Å². The standard InChI is InChI=1S/C17H15N2O6P/c20-16-10-5-1-3-7-12(10)18-15(16)14-11-6-2-4-8-13(11)19(17(14)21)9-25-26(22,23)24/h1-8,14-15,18H,9H2,(H2,22,23,24). The molecule has 1 amide bonds. The molecule has 2 unspecified atom stereocenters. The van der Waals surface area contributed by atoms with Crippen molar-refractivity contribution in [1.29, 1.82) is 0 Å². The monoisotopic (exact) mass is 374 g/mol. The largest absolute Gasteiger partial charge is 0.471 e. The maximum atomic E-state index is 13.0. The van der Waals surface area contributed by atoms with E-state index >= 15 is 0 Å². The summed E-state index contributed by atoms with van der Waals surface area (Å²) in [5.41, 5.74) is 2.28. The molecule has 26 heavy (non-hydrogen) atoms. The minimum atomic E-state index is -4.74. The third kappa shape index (κ3) is 2.73. The zero-order valence-corrected chi connectivity index (χ0v) is 14.3. The van der Waals surface area contributed by atoms with Gasteiger partial charge in [-0.15, -0.1) is 0 Å². The molecule has 2 atom stereocenters. The van der Waals surface area contributed by atoms with Gasteiger partial charge in [-0.3, -0.25) is 19.0 Å². The molecule has 0 radical (unpaired) electrons. The van der Waals surface area contributed by atoms with E-state index in [1.54, 1.807) is 48.5 Å². The molecule has 0 bridgehead atoms. The molecule has 0 saturated heterocycles. The second-order valence-electron chi connectivity index (χ2n) is 6.08. The lowest BCUT2D eigenvalue weighted by Gasteiger charge is -2.20. The first-order valence-electron chi connectivity index (χ1n) is 7.87. The van der Waals surface area contributed by atoms with Crippen LogP contribution >= 0.6 is 7.82 Å². The molecular formula is C17H15N2O6P. The fraction of sp³-hybridized carbons (Fsp3) is 0.176. The summed E-state index contributed by atoms with van der Waals surface area (Å²) in [6.45, 7) is -0.593. The van der Waals surface area contributed by atoms with Crippen molar-refractivity contribution >= 4 is 30.9 Å². The normalized spacial score (nSPS) is 21.5. The Hall–Kier alpha value is -2.51. The Morgan fingerprint density at radius 2 is 1.77 bits per heavy atom. The number of para-hydroxylation sites is 2. The number of Topliss-reactive ketones (excluding diaryl/α,β-unsaturated/α-hetero) is 1. The van der Waals surface area contributed by atoms with E-state index in [2.05, 4.69) is 9.84 Å². The van der Waals surface area contributed by atoms with E-state index in [0.717, 1.165) is 4.90 Å². The Labute approximate surface area is 148 Å². The van der Waals surface area contributed by atoms with Gasteiger partial charge in [0.2, 0.25) is 5.91 Å². The number of fused-ring (bicyclic) bond motifs is 2. The van der Waals surface area contributed by atoms with Gasteiger partial charge in [0.1, 0.15) is 12.8 Å². The lowest BCUT2D eigenvalue weighted by Crippen LogP contribution is -2.39. The van der Waals surface area contributed by atoms with Crippen LogP contribution < -0.4 is 10.2 Å². The van der Waals surface area contributed by atoms with Crippen LogP contribution in [0.3, 0.4) is 0 Å². The van der Waals surface area contributed by atoms with Gasteiger partial charge >= 0.3 is 7.82 Å². The fourth-order valence-corrected chi connectivity index (χ4v) is 3.73. The highest BCUT2D eigenvalue weighted by Gasteiger charge is 2.47. The smallest absolute Gasteiger partial charge is 0.373 e. The Kier molecular flexibility index (Phi) is 3.93. The minimum Gasteiger partial charge on any atom is -0.373 e. The minimum absolute atomic E-state index is 0.188. The van der Waals surface area contributed by atoms with E-state index in [1.165, 1.54) is 0 Å². The molecule has 3 N–H and O–H groups in total. The fourth-order valence-electron chi connectivity index (χ4n) is 3.46. The van der Waals surface area contributed by atoms with E-state index in [9.17, 15) is 14.2 Å². The van der Waals surface area contributed by atoms with E-state index in [-0.39, 0.29) is 5.78 Å². The number of amides is 1. The molecule has 134 valence electrons. The number of nitrogens with one attached hydrogen (secondary N) is 1. The molecule has 0 aliphatic carbocycles. The average Bonchev–Trinajstić information content (AvgIpc) is 3.07. The van der Waals surface area contributed by atoms with E-state index in [1.807, 2.05) is 0 Å². The maximum absolute atomic E-state index is 13.0. The number of hydrogen-bond acceptors (Lipinski definition) is 5. The van der Waals surface area contributed by atoms with Gasteiger partial charge < -0.3 is 15.1 Å². The summed E-state index contributed by atoms with van der Waals surface area (Å²) < 4.78 is 15.5. The van der Waals surface area contributed by atoms with Crippen LogP contribution in [0.2, 0.25) is 0 Å². The molecule has 4 rings (SSSR count). The molecule has 0 spiro atoms. The molecule has 2 heterocycles. The van der Waals surface area contributed by atoms with E-state index in [4.69, 9.17) is 9.79 Å². The van der Waals surface area contributed by atoms with Gasteiger partial charge in [0.15, 0.2) is 5.78 Å². The second-order valence-corrected chi connectivity index (χ2v) is 7.32. The van der Waals surface area contributed by atoms with Gasteiger partial charge in [0.05, 0.1) is 11.6 Å². The Bertz CT molecular complexity index is 956. The molecule has 0 fully saturated rings. The lowest BCUT2D eigenvalue weighted by atomic mass is 9.90. The number of ketones is 1. The molecule has 0 saturated carbocycles. The predicted molar refractivity (Wildman–Crippen MR) is 92.8 cm³/mol. The number of hydrogen-bond donors (Lipinski definition) is 3. The molecule has 2 aromatic rings. The van der Waals surface area contributed by atoms with Gasteiger partial charge in [-0.1, -0.05) is 30.3 Å². The quantitative estimate of drug-likeness (QED) is 0.700. The van der Waals surface area contributed by atoms with Crippen LogP contribution in [0.4, 0.5) is 11.4 Å². The van der Waals surface area contributed by atoms with Gasteiger partial charge in [-0.2, -0.15) is 0 Å². The summed E-state index contributed by atoms with van der Waals surface area (Å²) in [4.78, 5) is 44.8. The first-order valence-corrected chi connectivity index (χ1v) is 9.40. The van der Waals surface area contributed by atoms with Crippen molar-refractivity contribution in [3.63, 3.8) is 0 Å². The Balaban J connectivity index is 1.69. The number of benzene rings is 2. The van der Waals surface area contributed by atoms with Crippen LogP contribution in [0.5, 0.6) is 0 Å². The summed E-state index contributed by atoms with van der Waals surface area (Å²) in [5.74, 6) is -1.43. The van der Waals surface area contributed by atoms with Crippen molar-refractivity contribution in [3.05, 3.63) is 59.7 Å². The number of phosphoric ester groups is 1. The van der Waals surface area contributed by atoms with Crippen LogP contribution in [0.1, 0.15) is 21.8 Å². The number of carbonyl (C=O) groups is 2. The predicted octanol–water partition coefficient (Wildman–Crippen LogP) is 1.86. The Morgan fingerprint density at radius 1 is 1.08 bits per heavy atom. The molecule has 8 nitrogen and oxygen atoms in total. The van der Waals surface area contributed by atoms with Crippen molar-refractivity contribution in [3.8, 4) is 0 Å². The molecule has 9 heteroatoms. The number of rotatable bonds is 4. The first-order chi connectivity index (χ1) is 12.4. The molecule has 2 aromatic carbocycles. The Morgan fingerprint density at radius 3 is 2.50 bits per heavy atom. The SMILES string of the molecule is O=C1c2ccccc2NC1C1C(=O)N(COP(=O)(O)O)c2ccccc21. The number of anilines is 2. The number of nitrogens with zero attached hydrogens (tertiary/aromatic N) is 1. The van der Waals surface area contributed by atoms with Crippen molar-refractivity contribution in [2.24, 2.45) is 0 Å². The number of phosphoric acid groups is 1. The zero-order valence-electron chi connectivity index (χ0n) is 13.4. The van der Waals surface area contributed by atoms with Crippen LogP contribution in [-0.2, 0) is 13.9 Å². The summed E-state index contributed by atoms with van der Waals surface area (Å²) in [7, 11) is -4.74. The summed E-state index contributed by atoms with van der Waals surface area (Å²) >= 11 is 0. The van der Waals surface area contributed by atoms with Crippen molar-refractivity contribution in [2.45, 2.75) is 12.0 Å². The van der Waals surface area contributed by atoms with Crippen molar-refractivity contribution in [1.82, 2.24) is 0 Å². The van der Waals surface area contributed by atoms with Crippen LogP contribution in [0.15, 0.2) is 48.5 Å². The molecular weight excluding hydrogens is 359 g/mol. The first kappa shape index (κ1) is 16.9. The molecule has 2 aliphatic rings. The van der Waals surface area contributed by atoms with Crippen LogP contribution in [0.25, 0.3) is 0 Å². The zero-order chi connectivity index (χ0) is 18.5. The van der Waals surface area contributed by atoms with E-state index in [0.29, 0.717) is 22.5 Å². The van der Waals surface area contributed by atoms with Gasteiger partial charge in [0.25, 0.3) is 0 Å². The highest BCUT2D eigenvalue weighted by molar-refractivity contribution is 7.46. The maximum Gasteiger partial charge on any atom is 0.471 e. The summed E-state index contributed by atoms with van der Waals surface area (Å²) in [6, 6.07) is 13.1. The summed E-state index contributed by atoms with van der Waals surface area (Å²) in [6.07, 6.45) is 0. The second kappa shape index (κ2) is 6.03. The average molecular weight is 374 g/mol. The highest BCUT2D eigenvalue weighted by Crippen LogP contribution is 2.44. The molecule has 0 aromatic heterocycles. The number of carbonyl (C=O) groups excluding carboxylic acids is 2.